The van der Waals surface area contributed by atoms with E-state index in [9.17, 15) is 8.42 Å². The second-order valence-electron chi connectivity index (χ2n) is 4.68. The average molecular weight is 354 g/mol. The van der Waals surface area contributed by atoms with Crippen molar-refractivity contribution in [3.63, 3.8) is 0 Å². The molecule has 0 bridgehead atoms. The van der Waals surface area contributed by atoms with E-state index in [2.05, 4.69) is 20.7 Å². The van der Waals surface area contributed by atoms with E-state index >= 15 is 0 Å². The van der Waals surface area contributed by atoms with Gasteiger partial charge in [0.15, 0.2) is 0 Å². The molecule has 0 saturated carbocycles. The normalized spacial score (nSPS) is 11.6. The van der Waals surface area contributed by atoms with Gasteiger partial charge in [-0.15, -0.1) is 0 Å². The standard InChI is InChI=1S/C15H16BrNO2S/c1-11-7-8-12(2)15(9-11)20(18,19)17-10-13-5-3-4-6-14(13)16/h3-9,17H,10H2,1-2H3. The third-order valence-corrected chi connectivity index (χ3v) is 5.36. The lowest BCUT2D eigenvalue weighted by atomic mass is 10.2. The Kier molecular flexibility index (Phi) is 4.62. The molecule has 2 aromatic carbocycles. The summed E-state index contributed by atoms with van der Waals surface area (Å²) >= 11 is 3.41. The highest BCUT2D eigenvalue weighted by atomic mass is 79.9. The van der Waals surface area contributed by atoms with Crippen LogP contribution in [0.25, 0.3) is 0 Å². The summed E-state index contributed by atoms with van der Waals surface area (Å²) in [5.74, 6) is 0. The minimum atomic E-state index is -3.50. The fourth-order valence-corrected chi connectivity index (χ4v) is 3.65. The second-order valence-corrected chi connectivity index (χ2v) is 7.27. The summed E-state index contributed by atoms with van der Waals surface area (Å²) in [6.45, 7) is 3.94. The maximum atomic E-state index is 12.4. The van der Waals surface area contributed by atoms with Gasteiger partial charge in [0.25, 0.3) is 0 Å². The van der Waals surface area contributed by atoms with Gasteiger partial charge in [0.05, 0.1) is 4.90 Å². The van der Waals surface area contributed by atoms with Crippen LogP contribution in [-0.4, -0.2) is 8.42 Å². The monoisotopic (exact) mass is 353 g/mol. The van der Waals surface area contributed by atoms with Gasteiger partial charge in [-0.1, -0.05) is 46.3 Å². The molecule has 0 aliphatic rings. The number of rotatable bonds is 4. The molecule has 0 atom stereocenters. The van der Waals surface area contributed by atoms with E-state index < -0.39 is 10.0 Å². The Morgan fingerprint density at radius 3 is 2.50 bits per heavy atom. The minimum Gasteiger partial charge on any atom is -0.207 e. The van der Waals surface area contributed by atoms with Crippen molar-refractivity contribution < 1.29 is 8.42 Å². The third-order valence-electron chi connectivity index (χ3n) is 3.04. The maximum Gasteiger partial charge on any atom is 0.241 e. The van der Waals surface area contributed by atoms with E-state index in [1.165, 1.54) is 0 Å². The number of hydrogen-bond donors (Lipinski definition) is 1. The van der Waals surface area contributed by atoms with Crippen LogP contribution in [0.1, 0.15) is 16.7 Å². The van der Waals surface area contributed by atoms with Gasteiger partial charge >= 0.3 is 0 Å². The minimum absolute atomic E-state index is 0.261. The van der Waals surface area contributed by atoms with E-state index in [1.54, 1.807) is 13.0 Å². The molecule has 3 nitrogen and oxygen atoms in total. The smallest absolute Gasteiger partial charge is 0.207 e. The molecular formula is C15H16BrNO2S. The molecule has 0 radical (unpaired) electrons. The Hall–Kier alpha value is -1.17. The first-order valence-corrected chi connectivity index (χ1v) is 8.48. The molecule has 0 heterocycles. The zero-order valence-corrected chi connectivity index (χ0v) is 13.8. The van der Waals surface area contributed by atoms with Crippen LogP contribution in [0.2, 0.25) is 0 Å². The molecule has 1 N–H and O–H groups in total. The molecule has 2 rings (SSSR count). The highest BCUT2D eigenvalue weighted by molar-refractivity contribution is 9.10. The van der Waals surface area contributed by atoms with Gasteiger partial charge in [-0.2, -0.15) is 0 Å². The van der Waals surface area contributed by atoms with Gasteiger partial charge in [-0.05, 0) is 42.7 Å². The quantitative estimate of drug-likeness (QED) is 0.913. The van der Waals surface area contributed by atoms with Crippen LogP contribution in [0, 0.1) is 13.8 Å². The number of aryl methyl sites for hydroxylation is 2. The highest BCUT2D eigenvalue weighted by Crippen LogP contribution is 2.19. The Balaban J connectivity index is 2.24. The van der Waals surface area contributed by atoms with E-state index in [4.69, 9.17) is 0 Å². The van der Waals surface area contributed by atoms with Crippen molar-refractivity contribution in [1.82, 2.24) is 4.72 Å². The predicted octanol–water partition coefficient (Wildman–Crippen LogP) is 3.54. The molecule has 0 amide bonds. The van der Waals surface area contributed by atoms with Crippen LogP contribution in [0.15, 0.2) is 51.8 Å². The zero-order valence-electron chi connectivity index (χ0n) is 11.4. The lowest BCUT2D eigenvalue weighted by Gasteiger charge is -2.11. The highest BCUT2D eigenvalue weighted by Gasteiger charge is 2.16. The topological polar surface area (TPSA) is 46.2 Å². The van der Waals surface area contributed by atoms with Gasteiger partial charge in [0, 0.05) is 11.0 Å². The lowest BCUT2D eigenvalue weighted by molar-refractivity contribution is 0.580. The fraction of sp³-hybridized carbons (Fsp3) is 0.200. The molecule has 0 aliphatic heterocycles. The Bertz CT molecular complexity index is 726. The first-order valence-electron chi connectivity index (χ1n) is 6.20. The number of sulfonamides is 1. The Labute approximate surface area is 128 Å². The summed E-state index contributed by atoms with van der Waals surface area (Å²) in [5, 5.41) is 0. The summed E-state index contributed by atoms with van der Waals surface area (Å²) in [7, 11) is -3.50. The molecule has 2 aromatic rings. The fourth-order valence-electron chi connectivity index (χ4n) is 1.89. The first kappa shape index (κ1) is 15.2. The SMILES string of the molecule is Cc1ccc(C)c(S(=O)(=O)NCc2ccccc2Br)c1. The Morgan fingerprint density at radius 1 is 1.10 bits per heavy atom. The van der Waals surface area contributed by atoms with Crippen LogP contribution >= 0.6 is 15.9 Å². The van der Waals surface area contributed by atoms with E-state index in [0.717, 1.165) is 21.2 Å². The van der Waals surface area contributed by atoms with E-state index in [1.807, 2.05) is 43.3 Å². The third kappa shape index (κ3) is 3.48. The predicted molar refractivity (Wildman–Crippen MR) is 84.1 cm³/mol. The van der Waals surface area contributed by atoms with Crippen molar-refractivity contribution in [2.75, 3.05) is 0 Å². The van der Waals surface area contributed by atoms with Crippen molar-refractivity contribution in [3.05, 3.63) is 63.6 Å². The Morgan fingerprint density at radius 2 is 1.80 bits per heavy atom. The summed E-state index contributed by atoms with van der Waals surface area (Å²) in [6, 6.07) is 13.0. The van der Waals surface area contributed by atoms with E-state index in [-0.39, 0.29) is 6.54 Å². The number of benzene rings is 2. The molecule has 0 unspecified atom stereocenters. The van der Waals surface area contributed by atoms with Crippen molar-refractivity contribution >= 4 is 26.0 Å². The molecule has 0 saturated heterocycles. The lowest BCUT2D eigenvalue weighted by Crippen LogP contribution is -2.24. The molecule has 0 aliphatic carbocycles. The van der Waals surface area contributed by atoms with Crippen molar-refractivity contribution in [1.29, 1.82) is 0 Å². The molecule has 20 heavy (non-hydrogen) atoms. The van der Waals surface area contributed by atoms with Crippen LogP contribution in [0.5, 0.6) is 0 Å². The molecule has 0 fully saturated rings. The number of nitrogens with one attached hydrogen (secondary N) is 1. The largest absolute Gasteiger partial charge is 0.241 e. The molecular weight excluding hydrogens is 338 g/mol. The van der Waals surface area contributed by atoms with Crippen LogP contribution in [-0.2, 0) is 16.6 Å². The average Bonchev–Trinajstić information content (AvgIpc) is 2.40. The van der Waals surface area contributed by atoms with Crippen molar-refractivity contribution in [2.24, 2.45) is 0 Å². The summed E-state index contributed by atoms with van der Waals surface area (Å²) in [4.78, 5) is 0.338. The van der Waals surface area contributed by atoms with Gasteiger partial charge < -0.3 is 0 Å². The van der Waals surface area contributed by atoms with Crippen LogP contribution in [0.4, 0.5) is 0 Å². The molecule has 106 valence electrons. The van der Waals surface area contributed by atoms with Gasteiger partial charge in [0.1, 0.15) is 0 Å². The molecule has 5 heteroatoms. The summed E-state index contributed by atoms with van der Waals surface area (Å²) < 4.78 is 28.3. The molecule has 0 spiro atoms. The van der Waals surface area contributed by atoms with E-state index in [0.29, 0.717) is 4.90 Å². The van der Waals surface area contributed by atoms with Crippen molar-refractivity contribution in [3.8, 4) is 0 Å². The second kappa shape index (κ2) is 6.08. The summed E-state index contributed by atoms with van der Waals surface area (Å²) in [5.41, 5.74) is 2.58. The summed E-state index contributed by atoms with van der Waals surface area (Å²) in [6.07, 6.45) is 0. The first-order chi connectivity index (χ1) is 9.40. The van der Waals surface area contributed by atoms with Gasteiger partial charge in [0.2, 0.25) is 10.0 Å². The van der Waals surface area contributed by atoms with Crippen molar-refractivity contribution in [2.45, 2.75) is 25.3 Å². The maximum absolute atomic E-state index is 12.4. The molecule has 0 aromatic heterocycles. The number of halogens is 1. The zero-order chi connectivity index (χ0) is 14.8. The van der Waals surface area contributed by atoms with Crippen LogP contribution < -0.4 is 4.72 Å². The van der Waals surface area contributed by atoms with Gasteiger partial charge in [-0.25, -0.2) is 13.1 Å². The number of hydrogen-bond acceptors (Lipinski definition) is 2. The van der Waals surface area contributed by atoms with Crippen LogP contribution in [0.3, 0.4) is 0 Å². The van der Waals surface area contributed by atoms with Gasteiger partial charge in [-0.3, -0.25) is 0 Å².